The molecule has 136 valence electrons. The number of hydrogen-bond donors (Lipinski definition) is 2. The van der Waals surface area contributed by atoms with Gasteiger partial charge in [0.25, 0.3) is 0 Å². The van der Waals surface area contributed by atoms with E-state index in [1.807, 2.05) is 0 Å². The highest BCUT2D eigenvalue weighted by Crippen LogP contribution is 2.49. The highest BCUT2D eigenvalue weighted by molar-refractivity contribution is 7.90. The van der Waals surface area contributed by atoms with E-state index in [9.17, 15) is 18.0 Å². The monoisotopic (exact) mass is 365 g/mol. The van der Waals surface area contributed by atoms with Gasteiger partial charge in [-0.2, -0.15) is 0 Å². The first-order valence-electron chi connectivity index (χ1n) is 8.65. The molecule has 0 bridgehead atoms. The first kappa shape index (κ1) is 17.9. The van der Waals surface area contributed by atoms with Crippen LogP contribution in [0.15, 0.2) is 23.1 Å². The van der Waals surface area contributed by atoms with Gasteiger partial charge in [-0.3, -0.25) is 4.79 Å². The number of rotatable bonds is 5. The maximum atomic E-state index is 12.5. The lowest BCUT2D eigenvalue weighted by Gasteiger charge is -2.21. The summed E-state index contributed by atoms with van der Waals surface area (Å²) in [6, 6.07) is 3.72. The summed E-state index contributed by atoms with van der Waals surface area (Å²) < 4.78 is 23.5. The van der Waals surface area contributed by atoms with Gasteiger partial charge in [0.1, 0.15) is 0 Å². The molecule has 0 heterocycles. The molecule has 0 aromatic heterocycles. The molecule has 2 saturated carbocycles. The van der Waals surface area contributed by atoms with Crippen LogP contribution in [0.3, 0.4) is 0 Å². The molecule has 2 N–H and O–H groups in total. The van der Waals surface area contributed by atoms with Crippen LogP contribution < -0.4 is 5.32 Å². The Bertz CT molecular complexity index is 796. The fourth-order valence-corrected chi connectivity index (χ4v) is 4.53. The van der Waals surface area contributed by atoms with Crippen LogP contribution in [0.2, 0.25) is 0 Å². The predicted molar refractivity (Wildman–Crippen MR) is 93.3 cm³/mol. The van der Waals surface area contributed by atoms with E-state index in [1.54, 1.807) is 0 Å². The van der Waals surface area contributed by atoms with Gasteiger partial charge in [0.2, 0.25) is 5.91 Å². The lowest BCUT2D eigenvalue weighted by molar-refractivity contribution is -0.117. The van der Waals surface area contributed by atoms with Gasteiger partial charge in [0.05, 0.1) is 10.5 Å². The summed E-state index contributed by atoms with van der Waals surface area (Å²) in [6.45, 7) is 0. The van der Waals surface area contributed by atoms with Crippen LogP contribution in [-0.2, 0) is 14.6 Å². The molecule has 7 heteroatoms. The van der Waals surface area contributed by atoms with Crippen LogP contribution >= 0.6 is 0 Å². The minimum absolute atomic E-state index is 0.0433. The first-order chi connectivity index (χ1) is 11.8. The van der Waals surface area contributed by atoms with Gasteiger partial charge < -0.3 is 10.4 Å². The van der Waals surface area contributed by atoms with Crippen molar-refractivity contribution in [2.24, 2.45) is 17.8 Å². The van der Waals surface area contributed by atoms with Crippen molar-refractivity contribution in [1.29, 1.82) is 0 Å². The maximum absolute atomic E-state index is 12.5. The molecule has 2 aliphatic carbocycles. The average Bonchev–Trinajstić information content (AvgIpc) is 3.35. The molecule has 2 fully saturated rings. The third-order valence-electron chi connectivity index (χ3n) is 5.28. The molecule has 25 heavy (non-hydrogen) atoms. The topological polar surface area (TPSA) is 101 Å². The summed E-state index contributed by atoms with van der Waals surface area (Å²) in [5, 5.41) is 11.9. The van der Waals surface area contributed by atoms with Gasteiger partial charge in [-0.15, -0.1) is 0 Å². The molecular weight excluding hydrogens is 342 g/mol. The SMILES string of the molecule is CS(=O)(=O)c1cc(NC(=O)C2CC2C2CCCCC2)cc(C(=O)O)c1. The van der Waals surface area contributed by atoms with Crippen LogP contribution in [0.5, 0.6) is 0 Å². The fourth-order valence-electron chi connectivity index (χ4n) is 3.84. The van der Waals surface area contributed by atoms with Crippen molar-refractivity contribution in [3.05, 3.63) is 23.8 Å². The molecule has 1 aromatic carbocycles. The third-order valence-corrected chi connectivity index (χ3v) is 6.37. The number of carbonyl (C=O) groups excluding carboxylic acids is 1. The molecule has 2 unspecified atom stereocenters. The van der Waals surface area contributed by atoms with Crippen LogP contribution in [-0.4, -0.2) is 31.7 Å². The fraction of sp³-hybridized carbons (Fsp3) is 0.556. The molecule has 2 atom stereocenters. The number of amides is 1. The Kier molecular flexibility index (Phi) is 4.86. The van der Waals surface area contributed by atoms with Crippen molar-refractivity contribution in [1.82, 2.24) is 0 Å². The minimum atomic E-state index is -3.56. The van der Waals surface area contributed by atoms with Crippen LogP contribution in [0.4, 0.5) is 5.69 Å². The molecule has 6 nitrogen and oxygen atoms in total. The second kappa shape index (κ2) is 6.78. The Labute approximate surface area is 147 Å². The van der Waals surface area contributed by atoms with Crippen molar-refractivity contribution in [2.75, 3.05) is 11.6 Å². The van der Waals surface area contributed by atoms with Gasteiger partial charge in [-0.1, -0.05) is 32.1 Å². The van der Waals surface area contributed by atoms with Crippen molar-refractivity contribution in [3.63, 3.8) is 0 Å². The van der Waals surface area contributed by atoms with Crippen LogP contribution in [0, 0.1) is 17.8 Å². The first-order valence-corrected chi connectivity index (χ1v) is 10.5. The Hall–Kier alpha value is -1.89. The van der Waals surface area contributed by atoms with E-state index in [0.717, 1.165) is 18.7 Å². The quantitative estimate of drug-likeness (QED) is 0.835. The number of carboxylic acid groups (broad SMARTS) is 1. The Morgan fingerprint density at radius 1 is 1.12 bits per heavy atom. The van der Waals surface area contributed by atoms with Gasteiger partial charge in [-0.25, -0.2) is 13.2 Å². The highest BCUT2D eigenvalue weighted by Gasteiger charge is 2.47. The number of aromatic carboxylic acids is 1. The third kappa shape index (κ3) is 4.21. The van der Waals surface area contributed by atoms with Crippen molar-refractivity contribution >= 4 is 27.4 Å². The standard InChI is InChI=1S/C18H23NO5S/c1-25(23,24)14-8-12(18(21)22)7-13(9-14)19-17(20)16-10-15(16)11-5-3-2-4-6-11/h7-9,11,15-16H,2-6,10H2,1H3,(H,19,20)(H,21,22). The molecule has 0 radical (unpaired) electrons. The zero-order valence-electron chi connectivity index (χ0n) is 14.2. The second-order valence-electron chi connectivity index (χ2n) is 7.22. The predicted octanol–water partition coefficient (Wildman–Crippen LogP) is 2.94. The van der Waals surface area contributed by atoms with E-state index >= 15 is 0 Å². The lowest BCUT2D eigenvalue weighted by Crippen LogP contribution is -2.18. The van der Waals surface area contributed by atoms with Gasteiger partial charge in [0.15, 0.2) is 9.84 Å². The normalized spacial score (nSPS) is 23.9. The lowest BCUT2D eigenvalue weighted by atomic mass is 9.85. The molecule has 0 aliphatic heterocycles. The largest absolute Gasteiger partial charge is 0.478 e. The van der Waals surface area contributed by atoms with Crippen LogP contribution in [0.25, 0.3) is 0 Å². The van der Waals surface area contributed by atoms with Crippen molar-refractivity contribution in [2.45, 2.75) is 43.4 Å². The van der Waals surface area contributed by atoms with Crippen molar-refractivity contribution < 1.29 is 23.1 Å². The summed E-state index contributed by atoms with van der Waals surface area (Å²) in [4.78, 5) is 23.6. The summed E-state index contributed by atoms with van der Waals surface area (Å²) in [6.07, 6.45) is 7.98. The zero-order chi connectivity index (χ0) is 18.2. The second-order valence-corrected chi connectivity index (χ2v) is 9.23. The summed E-state index contributed by atoms with van der Waals surface area (Å²) in [7, 11) is -3.56. The van der Waals surface area contributed by atoms with Crippen LogP contribution in [0.1, 0.15) is 48.9 Å². The number of benzene rings is 1. The molecule has 3 rings (SSSR count). The van der Waals surface area contributed by atoms with Gasteiger partial charge >= 0.3 is 5.97 Å². The van der Waals surface area contributed by atoms with E-state index in [1.165, 1.54) is 44.2 Å². The van der Waals surface area contributed by atoms with E-state index in [4.69, 9.17) is 5.11 Å². The molecule has 1 aromatic rings. The number of sulfone groups is 1. The molecular formula is C18H23NO5S. The van der Waals surface area contributed by atoms with E-state index < -0.39 is 15.8 Å². The number of carbonyl (C=O) groups is 2. The van der Waals surface area contributed by atoms with Gasteiger partial charge in [-0.05, 0) is 36.5 Å². The number of hydrogen-bond acceptors (Lipinski definition) is 4. The summed E-state index contributed by atoms with van der Waals surface area (Å²) >= 11 is 0. The highest BCUT2D eigenvalue weighted by atomic mass is 32.2. The van der Waals surface area contributed by atoms with E-state index in [0.29, 0.717) is 11.8 Å². The molecule has 0 saturated heterocycles. The average molecular weight is 365 g/mol. The number of carboxylic acids is 1. The maximum Gasteiger partial charge on any atom is 0.335 e. The van der Waals surface area contributed by atoms with E-state index in [2.05, 4.69) is 5.32 Å². The zero-order valence-corrected chi connectivity index (χ0v) is 15.0. The Morgan fingerprint density at radius 3 is 2.40 bits per heavy atom. The number of nitrogens with one attached hydrogen (secondary N) is 1. The molecule has 1 amide bonds. The van der Waals surface area contributed by atoms with Crippen molar-refractivity contribution in [3.8, 4) is 0 Å². The Balaban J connectivity index is 1.73. The smallest absolute Gasteiger partial charge is 0.335 e. The van der Waals surface area contributed by atoms with E-state index in [-0.39, 0.29) is 28.0 Å². The number of anilines is 1. The Morgan fingerprint density at radius 2 is 1.80 bits per heavy atom. The minimum Gasteiger partial charge on any atom is -0.478 e. The summed E-state index contributed by atoms with van der Waals surface area (Å²) in [5.41, 5.74) is 0.0671. The summed E-state index contributed by atoms with van der Waals surface area (Å²) in [5.74, 6) is -0.387. The molecule has 0 spiro atoms. The molecule has 2 aliphatic rings. The van der Waals surface area contributed by atoms with Gasteiger partial charge in [0, 0.05) is 17.9 Å².